The summed E-state index contributed by atoms with van der Waals surface area (Å²) in [6.45, 7) is 0. The molecule has 6 heteroatoms. The average molecular weight is 377 g/mol. The molecule has 18 heavy (non-hydrogen) atoms. The highest BCUT2D eigenvalue weighted by molar-refractivity contribution is 9.11. The Balaban J connectivity index is 2.02. The molecule has 1 fully saturated rings. The molecule has 0 aromatic heterocycles. The van der Waals surface area contributed by atoms with Crippen LogP contribution in [0, 0.1) is 0 Å². The van der Waals surface area contributed by atoms with E-state index >= 15 is 0 Å². The summed E-state index contributed by atoms with van der Waals surface area (Å²) in [5, 5.41) is 5.81. The Morgan fingerprint density at radius 3 is 2.33 bits per heavy atom. The van der Waals surface area contributed by atoms with Crippen molar-refractivity contribution in [3.8, 4) is 0 Å². The first kappa shape index (κ1) is 13.7. The lowest BCUT2D eigenvalue weighted by Crippen LogP contribution is -2.36. The maximum Gasteiger partial charge on any atom is 0.319 e. The van der Waals surface area contributed by atoms with Gasteiger partial charge in [-0.3, -0.25) is 0 Å². The Kier molecular flexibility index (Phi) is 4.50. The molecule has 0 saturated heterocycles. The largest absolute Gasteiger partial charge is 0.399 e. The average Bonchev–Trinajstić information content (AvgIpc) is 2.76. The molecule has 0 atom stereocenters. The van der Waals surface area contributed by atoms with Gasteiger partial charge in [0.2, 0.25) is 0 Å². The summed E-state index contributed by atoms with van der Waals surface area (Å²) in [6, 6.07) is 3.65. The van der Waals surface area contributed by atoms with Gasteiger partial charge in [0.25, 0.3) is 0 Å². The monoisotopic (exact) mass is 375 g/mol. The smallest absolute Gasteiger partial charge is 0.319 e. The van der Waals surface area contributed by atoms with Crippen LogP contribution in [0.5, 0.6) is 0 Å². The highest BCUT2D eigenvalue weighted by Crippen LogP contribution is 2.33. The van der Waals surface area contributed by atoms with Crippen LogP contribution in [0.1, 0.15) is 25.7 Å². The minimum absolute atomic E-state index is 0.173. The van der Waals surface area contributed by atoms with Gasteiger partial charge in [0, 0.05) is 20.7 Å². The number of urea groups is 1. The molecule has 0 aliphatic heterocycles. The van der Waals surface area contributed by atoms with Gasteiger partial charge in [-0.25, -0.2) is 4.79 Å². The minimum Gasteiger partial charge on any atom is -0.399 e. The van der Waals surface area contributed by atoms with Crippen molar-refractivity contribution in [1.82, 2.24) is 5.32 Å². The minimum atomic E-state index is -0.173. The number of rotatable bonds is 2. The van der Waals surface area contributed by atoms with Crippen molar-refractivity contribution in [2.45, 2.75) is 31.7 Å². The van der Waals surface area contributed by atoms with Crippen molar-refractivity contribution >= 4 is 49.3 Å². The summed E-state index contributed by atoms with van der Waals surface area (Å²) in [6.07, 6.45) is 4.52. The molecule has 2 amide bonds. The third-order valence-electron chi connectivity index (χ3n) is 2.99. The molecule has 0 spiro atoms. The van der Waals surface area contributed by atoms with Gasteiger partial charge in [-0.1, -0.05) is 12.8 Å². The molecule has 0 radical (unpaired) electrons. The molecule has 0 unspecified atom stereocenters. The van der Waals surface area contributed by atoms with Gasteiger partial charge < -0.3 is 16.4 Å². The van der Waals surface area contributed by atoms with Crippen LogP contribution in [0.3, 0.4) is 0 Å². The number of nitrogens with two attached hydrogens (primary N) is 1. The number of benzene rings is 1. The summed E-state index contributed by atoms with van der Waals surface area (Å²) < 4.78 is 1.52. The van der Waals surface area contributed by atoms with Crippen molar-refractivity contribution in [2.24, 2.45) is 0 Å². The third-order valence-corrected chi connectivity index (χ3v) is 4.24. The fourth-order valence-electron chi connectivity index (χ4n) is 2.12. The molecule has 0 bridgehead atoms. The molecule has 1 saturated carbocycles. The number of hydrogen-bond donors (Lipinski definition) is 3. The van der Waals surface area contributed by atoms with E-state index in [0.29, 0.717) is 17.4 Å². The van der Waals surface area contributed by atoms with E-state index in [2.05, 4.69) is 42.5 Å². The van der Waals surface area contributed by atoms with Crippen molar-refractivity contribution in [3.05, 3.63) is 21.1 Å². The van der Waals surface area contributed by atoms with Gasteiger partial charge >= 0.3 is 6.03 Å². The molecule has 2 rings (SSSR count). The van der Waals surface area contributed by atoms with E-state index < -0.39 is 0 Å². The Morgan fingerprint density at radius 1 is 1.22 bits per heavy atom. The molecular formula is C12H15Br2N3O. The first-order chi connectivity index (χ1) is 8.56. The molecule has 1 aliphatic rings. The van der Waals surface area contributed by atoms with E-state index in [1.807, 2.05) is 0 Å². The lowest BCUT2D eigenvalue weighted by molar-refractivity contribution is 0.248. The zero-order chi connectivity index (χ0) is 13.1. The van der Waals surface area contributed by atoms with Gasteiger partial charge in [0.15, 0.2) is 0 Å². The molecular weight excluding hydrogens is 362 g/mol. The van der Waals surface area contributed by atoms with Gasteiger partial charge in [-0.05, 0) is 56.8 Å². The summed E-state index contributed by atoms with van der Waals surface area (Å²) >= 11 is 6.77. The fourth-order valence-corrected chi connectivity index (χ4v) is 3.54. The number of anilines is 2. The van der Waals surface area contributed by atoms with Crippen molar-refractivity contribution in [3.63, 3.8) is 0 Å². The lowest BCUT2D eigenvalue weighted by atomic mass is 10.2. The quantitative estimate of drug-likeness (QED) is 0.686. The molecule has 1 aliphatic carbocycles. The zero-order valence-electron chi connectivity index (χ0n) is 9.80. The molecule has 4 nitrogen and oxygen atoms in total. The molecule has 1 aromatic rings. The second-order valence-electron chi connectivity index (χ2n) is 4.44. The molecule has 1 aromatic carbocycles. The summed E-state index contributed by atoms with van der Waals surface area (Å²) in [5.74, 6) is 0. The number of nitrogens with one attached hydrogen (secondary N) is 2. The van der Waals surface area contributed by atoms with Crippen LogP contribution in [0.25, 0.3) is 0 Å². The van der Waals surface area contributed by atoms with E-state index in [4.69, 9.17) is 5.73 Å². The van der Waals surface area contributed by atoms with E-state index in [1.54, 1.807) is 12.1 Å². The molecule has 4 N–H and O–H groups in total. The third kappa shape index (κ3) is 3.38. The van der Waals surface area contributed by atoms with E-state index in [0.717, 1.165) is 21.8 Å². The van der Waals surface area contributed by atoms with Crippen molar-refractivity contribution in [1.29, 1.82) is 0 Å². The SMILES string of the molecule is Nc1cc(Br)c(NC(=O)NC2CCCC2)c(Br)c1. The van der Waals surface area contributed by atoms with Crippen molar-refractivity contribution < 1.29 is 4.79 Å². The van der Waals surface area contributed by atoms with Gasteiger partial charge in [0.1, 0.15) is 0 Å². The van der Waals surface area contributed by atoms with E-state index in [9.17, 15) is 4.79 Å². The Morgan fingerprint density at radius 2 is 1.78 bits per heavy atom. The summed E-state index contributed by atoms with van der Waals surface area (Å²) in [5.41, 5.74) is 7.03. The topological polar surface area (TPSA) is 67.1 Å². The highest BCUT2D eigenvalue weighted by atomic mass is 79.9. The van der Waals surface area contributed by atoms with Crippen LogP contribution < -0.4 is 16.4 Å². The summed E-state index contributed by atoms with van der Waals surface area (Å²) in [7, 11) is 0. The maximum absolute atomic E-state index is 11.9. The fraction of sp³-hybridized carbons (Fsp3) is 0.417. The predicted octanol–water partition coefficient (Wildman–Crippen LogP) is 3.86. The standard InChI is InChI=1S/C12H15Br2N3O/c13-9-5-7(15)6-10(14)11(9)17-12(18)16-8-3-1-2-4-8/h5-6,8H,1-4,15H2,(H2,16,17,18). The van der Waals surface area contributed by atoms with Gasteiger partial charge in [0.05, 0.1) is 5.69 Å². The first-order valence-electron chi connectivity index (χ1n) is 5.88. The second kappa shape index (κ2) is 5.93. The predicted molar refractivity (Wildman–Crippen MR) is 80.7 cm³/mol. The Labute approximate surface area is 123 Å². The number of nitrogen functional groups attached to an aromatic ring is 1. The van der Waals surface area contributed by atoms with Crippen LogP contribution in [0.15, 0.2) is 21.1 Å². The lowest BCUT2D eigenvalue weighted by Gasteiger charge is -2.15. The van der Waals surface area contributed by atoms with Crippen LogP contribution in [-0.4, -0.2) is 12.1 Å². The van der Waals surface area contributed by atoms with Gasteiger partial charge in [-0.15, -0.1) is 0 Å². The highest BCUT2D eigenvalue weighted by Gasteiger charge is 2.18. The van der Waals surface area contributed by atoms with E-state index in [-0.39, 0.29) is 6.03 Å². The Hall–Kier alpha value is -0.750. The van der Waals surface area contributed by atoms with Crippen LogP contribution >= 0.6 is 31.9 Å². The number of hydrogen-bond acceptors (Lipinski definition) is 2. The first-order valence-corrected chi connectivity index (χ1v) is 7.47. The van der Waals surface area contributed by atoms with Crippen molar-refractivity contribution in [2.75, 3.05) is 11.1 Å². The second-order valence-corrected chi connectivity index (χ2v) is 6.15. The Bertz CT molecular complexity index is 436. The van der Waals surface area contributed by atoms with Gasteiger partial charge in [-0.2, -0.15) is 0 Å². The number of carbonyl (C=O) groups is 1. The normalized spacial score (nSPS) is 15.7. The molecule has 98 valence electrons. The van der Waals surface area contributed by atoms with E-state index in [1.165, 1.54) is 12.8 Å². The van der Waals surface area contributed by atoms with Crippen LogP contribution in [0.4, 0.5) is 16.2 Å². The zero-order valence-corrected chi connectivity index (χ0v) is 13.0. The van der Waals surface area contributed by atoms with Crippen LogP contribution in [-0.2, 0) is 0 Å². The molecule has 0 heterocycles. The maximum atomic E-state index is 11.9. The summed E-state index contributed by atoms with van der Waals surface area (Å²) in [4.78, 5) is 11.9. The number of amides is 2. The van der Waals surface area contributed by atoms with Crippen LogP contribution in [0.2, 0.25) is 0 Å². The number of carbonyl (C=O) groups excluding carboxylic acids is 1. The number of halogens is 2.